The summed E-state index contributed by atoms with van der Waals surface area (Å²) in [6.07, 6.45) is 0. The van der Waals surface area contributed by atoms with Gasteiger partial charge in [-0.05, 0) is 31.1 Å². The first-order valence-electron chi connectivity index (χ1n) is 7.26. The molecule has 0 aliphatic heterocycles. The lowest BCUT2D eigenvalue weighted by Crippen LogP contribution is -2.42. The molecule has 3 N–H and O–H groups in total. The summed E-state index contributed by atoms with van der Waals surface area (Å²) in [6, 6.07) is 10.2. The molecule has 21 heavy (non-hydrogen) atoms. The fourth-order valence-electron chi connectivity index (χ4n) is 2.03. The van der Waals surface area contributed by atoms with Crippen LogP contribution in [0.3, 0.4) is 0 Å². The van der Waals surface area contributed by atoms with E-state index in [9.17, 15) is 4.79 Å². The summed E-state index contributed by atoms with van der Waals surface area (Å²) in [5.74, 6) is 0.951. The summed E-state index contributed by atoms with van der Waals surface area (Å²) < 4.78 is 0. The van der Waals surface area contributed by atoms with Crippen molar-refractivity contribution in [1.82, 2.24) is 10.2 Å². The molecule has 1 amide bonds. The van der Waals surface area contributed by atoms with Crippen LogP contribution in [0.2, 0.25) is 0 Å². The quantitative estimate of drug-likeness (QED) is 0.539. The normalized spacial score (nSPS) is 11.7. The minimum Gasteiger partial charge on any atom is -0.354 e. The van der Waals surface area contributed by atoms with Gasteiger partial charge < -0.3 is 11.1 Å². The lowest BCUT2D eigenvalue weighted by molar-refractivity contribution is -0.122. The van der Waals surface area contributed by atoms with Gasteiger partial charge in [0.05, 0.1) is 6.54 Å². The zero-order valence-corrected chi connectivity index (χ0v) is 14.1. The van der Waals surface area contributed by atoms with Crippen LogP contribution < -0.4 is 11.1 Å². The zero-order valence-electron chi connectivity index (χ0n) is 13.3. The Kier molecular flexibility index (Phi) is 7.78. The number of carbonyl (C=O) groups is 1. The number of benzene rings is 1. The second kappa shape index (κ2) is 9.07. The molecule has 4 nitrogen and oxygen atoms in total. The summed E-state index contributed by atoms with van der Waals surface area (Å²) in [6.45, 7) is 6.75. The van der Waals surface area contributed by atoms with Gasteiger partial charge in [-0.1, -0.05) is 32.0 Å². The molecule has 0 radical (unpaired) electrons. The highest BCUT2D eigenvalue weighted by atomic mass is 32.2. The molecule has 0 spiro atoms. The van der Waals surface area contributed by atoms with Crippen LogP contribution in [0, 0.1) is 5.41 Å². The summed E-state index contributed by atoms with van der Waals surface area (Å²) in [5, 5.41) is 2.95. The molecule has 1 rings (SSSR count). The van der Waals surface area contributed by atoms with Gasteiger partial charge >= 0.3 is 0 Å². The number of hydrogen-bond acceptors (Lipinski definition) is 4. The first kappa shape index (κ1) is 18.0. The van der Waals surface area contributed by atoms with E-state index in [4.69, 9.17) is 5.73 Å². The van der Waals surface area contributed by atoms with Crippen LogP contribution in [0.15, 0.2) is 35.2 Å². The van der Waals surface area contributed by atoms with E-state index in [2.05, 4.69) is 31.3 Å². The van der Waals surface area contributed by atoms with Crippen molar-refractivity contribution in [3.05, 3.63) is 30.3 Å². The monoisotopic (exact) mass is 309 g/mol. The van der Waals surface area contributed by atoms with Crippen molar-refractivity contribution in [2.75, 3.05) is 39.0 Å². The van der Waals surface area contributed by atoms with Gasteiger partial charge in [-0.3, -0.25) is 9.69 Å². The molecule has 0 unspecified atom stereocenters. The highest BCUT2D eigenvalue weighted by Gasteiger charge is 2.19. The lowest BCUT2D eigenvalue weighted by atomic mass is 9.93. The van der Waals surface area contributed by atoms with E-state index in [1.54, 1.807) is 11.8 Å². The molecule has 0 atom stereocenters. The Hall–Kier alpha value is -1.04. The van der Waals surface area contributed by atoms with Crippen molar-refractivity contribution < 1.29 is 4.79 Å². The highest BCUT2D eigenvalue weighted by molar-refractivity contribution is 7.99. The molecule has 118 valence electrons. The Bertz CT molecular complexity index is 423. The van der Waals surface area contributed by atoms with Crippen molar-refractivity contribution >= 4 is 17.7 Å². The van der Waals surface area contributed by atoms with Crippen LogP contribution in [-0.4, -0.2) is 49.8 Å². The molecule has 5 heteroatoms. The highest BCUT2D eigenvalue weighted by Crippen LogP contribution is 2.16. The van der Waals surface area contributed by atoms with Gasteiger partial charge in [-0.15, -0.1) is 11.8 Å². The molecule has 1 aromatic carbocycles. The predicted molar refractivity (Wildman–Crippen MR) is 90.5 cm³/mol. The van der Waals surface area contributed by atoms with E-state index in [-0.39, 0.29) is 11.3 Å². The number of nitrogens with one attached hydrogen (secondary N) is 1. The van der Waals surface area contributed by atoms with Gasteiger partial charge in [0.15, 0.2) is 0 Å². The number of rotatable bonds is 9. The third kappa shape index (κ3) is 8.09. The van der Waals surface area contributed by atoms with Gasteiger partial charge in [0.2, 0.25) is 5.91 Å². The zero-order chi connectivity index (χ0) is 15.7. The molecule has 0 aliphatic rings. The average molecular weight is 309 g/mol. The molecule has 0 aliphatic carbocycles. The number of thioether (sulfide) groups is 1. The summed E-state index contributed by atoms with van der Waals surface area (Å²) in [7, 11) is 1.95. The van der Waals surface area contributed by atoms with Gasteiger partial charge in [-0.25, -0.2) is 0 Å². The number of likely N-dealkylation sites (N-methyl/N-ethyl adjacent to an activating group) is 1. The molecule has 0 fully saturated rings. The van der Waals surface area contributed by atoms with E-state index in [1.165, 1.54) is 4.90 Å². The molecule has 0 heterocycles. The Morgan fingerprint density at radius 3 is 2.62 bits per heavy atom. The van der Waals surface area contributed by atoms with E-state index < -0.39 is 0 Å². The molecule has 0 saturated heterocycles. The number of amides is 1. The molecular formula is C16H27N3OS. The minimum absolute atomic E-state index is 0.0399. The largest absolute Gasteiger partial charge is 0.354 e. The van der Waals surface area contributed by atoms with Crippen LogP contribution in [0.1, 0.15) is 13.8 Å². The standard InChI is InChI=1S/C16H27N3OS/c1-16(2,12-17)13-19(3)11-15(20)18-9-10-21-14-7-5-4-6-8-14/h4-8H,9-13,17H2,1-3H3,(H,18,20). The van der Waals surface area contributed by atoms with Gasteiger partial charge in [-0.2, -0.15) is 0 Å². The fraction of sp³-hybridized carbons (Fsp3) is 0.562. The second-order valence-corrected chi connectivity index (χ2v) is 7.22. The van der Waals surface area contributed by atoms with Gasteiger partial charge in [0.25, 0.3) is 0 Å². The average Bonchev–Trinajstić information content (AvgIpc) is 2.44. The second-order valence-electron chi connectivity index (χ2n) is 6.05. The Morgan fingerprint density at radius 2 is 2.00 bits per heavy atom. The SMILES string of the molecule is CN(CC(=O)NCCSc1ccccc1)CC(C)(C)CN. The Balaban J connectivity index is 2.16. The minimum atomic E-state index is 0.0399. The first-order chi connectivity index (χ1) is 9.93. The third-order valence-corrected chi connectivity index (χ3v) is 4.11. The van der Waals surface area contributed by atoms with E-state index in [1.807, 2.05) is 30.1 Å². The predicted octanol–water partition coefficient (Wildman–Crippen LogP) is 1.81. The maximum absolute atomic E-state index is 11.8. The summed E-state index contributed by atoms with van der Waals surface area (Å²) in [5.41, 5.74) is 5.75. The van der Waals surface area contributed by atoms with Crippen LogP contribution >= 0.6 is 11.8 Å². The number of hydrogen-bond donors (Lipinski definition) is 2. The van der Waals surface area contributed by atoms with Crippen molar-refractivity contribution in [3.63, 3.8) is 0 Å². The van der Waals surface area contributed by atoms with Crippen molar-refractivity contribution in [2.45, 2.75) is 18.7 Å². The lowest BCUT2D eigenvalue weighted by Gasteiger charge is -2.28. The maximum atomic E-state index is 11.8. The fourth-order valence-corrected chi connectivity index (χ4v) is 2.82. The van der Waals surface area contributed by atoms with Crippen LogP contribution in [0.25, 0.3) is 0 Å². The van der Waals surface area contributed by atoms with Crippen molar-refractivity contribution in [3.8, 4) is 0 Å². The molecular weight excluding hydrogens is 282 g/mol. The molecule has 0 aromatic heterocycles. The molecule has 1 aromatic rings. The van der Waals surface area contributed by atoms with E-state index >= 15 is 0 Å². The molecule has 0 bridgehead atoms. The summed E-state index contributed by atoms with van der Waals surface area (Å²) in [4.78, 5) is 15.1. The van der Waals surface area contributed by atoms with E-state index in [0.717, 1.165) is 12.3 Å². The van der Waals surface area contributed by atoms with Gasteiger partial charge in [0, 0.05) is 23.7 Å². The van der Waals surface area contributed by atoms with Crippen molar-refractivity contribution in [1.29, 1.82) is 0 Å². The van der Waals surface area contributed by atoms with E-state index in [0.29, 0.717) is 19.6 Å². The van der Waals surface area contributed by atoms with Crippen LogP contribution in [-0.2, 0) is 4.79 Å². The van der Waals surface area contributed by atoms with Gasteiger partial charge in [0.1, 0.15) is 0 Å². The Labute approximate surface area is 132 Å². The topological polar surface area (TPSA) is 58.4 Å². The summed E-state index contributed by atoms with van der Waals surface area (Å²) >= 11 is 1.75. The number of nitrogens with zero attached hydrogens (tertiary/aromatic N) is 1. The smallest absolute Gasteiger partial charge is 0.234 e. The van der Waals surface area contributed by atoms with Crippen molar-refractivity contribution in [2.24, 2.45) is 11.1 Å². The number of carbonyl (C=O) groups excluding carboxylic acids is 1. The third-order valence-electron chi connectivity index (χ3n) is 3.10. The first-order valence-corrected chi connectivity index (χ1v) is 8.25. The van der Waals surface area contributed by atoms with Crippen LogP contribution in [0.5, 0.6) is 0 Å². The van der Waals surface area contributed by atoms with Crippen LogP contribution in [0.4, 0.5) is 0 Å². The number of nitrogens with two attached hydrogens (primary N) is 1. The molecule has 0 saturated carbocycles. The maximum Gasteiger partial charge on any atom is 0.234 e. The Morgan fingerprint density at radius 1 is 1.33 bits per heavy atom.